The van der Waals surface area contributed by atoms with Crippen LogP contribution in [0, 0.1) is 12.3 Å². The smallest absolute Gasteiger partial charge is 0.132 e. The average Bonchev–Trinajstić information content (AvgIpc) is 2.70. The van der Waals surface area contributed by atoms with Gasteiger partial charge in [-0.25, -0.2) is 9.97 Å². The molecule has 1 spiro atoms. The fourth-order valence-corrected chi connectivity index (χ4v) is 3.87. The van der Waals surface area contributed by atoms with E-state index in [0.717, 1.165) is 36.8 Å². The van der Waals surface area contributed by atoms with E-state index in [-0.39, 0.29) is 24.8 Å². The lowest BCUT2D eigenvalue weighted by Crippen LogP contribution is -2.37. The molecule has 0 aliphatic carbocycles. The van der Waals surface area contributed by atoms with Crippen LogP contribution in [0.15, 0.2) is 6.07 Å². The van der Waals surface area contributed by atoms with E-state index in [1.807, 2.05) is 0 Å². The lowest BCUT2D eigenvalue weighted by atomic mass is 9.73. The van der Waals surface area contributed by atoms with Crippen LogP contribution in [0.2, 0.25) is 0 Å². The van der Waals surface area contributed by atoms with Gasteiger partial charge in [-0.1, -0.05) is 6.92 Å². The molecule has 3 heterocycles. The highest BCUT2D eigenvalue weighted by molar-refractivity contribution is 5.85. The van der Waals surface area contributed by atoms with Gasteiger partial charge in [-0.2, -0.15) is 0 Å². The number of hydrogen-bond acceptors (Lipinski definition) is 4. The molecule has 132 valence electrons. The Morgan fingerprint density at radius 3 is 2.52 bits per heavy atom. The third kappa shape index (κ3) is 4.94. The molecule has 0 unspecified atom stereocenters. The van der Waals surface area contributed by atoms with Crippen molar-refractivity contribution >= 4 is 30.6 Å². The summed E-state index contributed by atoms with van der Waals surface area (Å²) in [5.74, 6) is 2.12. The molecule has 0 saturated carbocycles. The topological polar surface area (TPSA) is 41.1 Å². The fourth-order valence-electron chi connectivity index (χ4n) is 3.87. The normalized spacial score (nSPS) is 20.3. The standard InChI is InChI=1S/C17H28N4.2ClH/c1-3-15-19-14(2)13-16(20-15)21-11-4-5-17(8-12-21)6-9-18-10-7-17;;/h13,18H,3-12H2,1-2H3;2*1H. The zero-order chi connectivity index (χ0) is 14.7. The van der Waals surface area contributed by atoms with Gasteiger partial charge in [0.2, 0.25) is 0 Å². The number of anilines is 1. The molecule has 2 fully saturated rings. The lowest BCUT2D eigenvalue weighted by molar-refractivity contribution is 0.178. The zero-order valence-corrected chi connectivity index (χ0v) is 15.9. The van der Waals surface area contributed by atoms with Crippen molar-refractivity contribution in [3.05, 3.63) is 17.6 Å². The predicted octanol–water partition coefficient (Wildman–Crippen LogP) is 3.55. The van der Waals surface area contributed by atoms with Crippen LogP contribution in [-0.2, 0) is 6.42 Å². The Balaban J connectivity index is 0.00000132. The maximum atomic E-state index is 4.75. The molecule has 4 nitrogen and oxygen atoms in total. The van der Waals surface area contributed by atoms with Gasteiger partial charge in [0.25, 0.3) is 0 Å². The molecule has 0 aromatic carbocycles. The van der Waals surface area contributed by atoms with Crippen molar-refractivity contribution < 1.29 is 0 Å². The molecule has 0 radical (unpaired) electrons. The number of hydrogen-bond donors (Lipinski definition) is 1. The molecule has 2 aliphatic rings. The van der Waals surface area contributed by atoms with E-state index in [0.29, 0.717) is 5.41 Å². The summed E-state index contributed by atoms with van der Waals surface area (Å²) >= 11 is 0. The van der Waals surface area contributed by atoms with Crippen molar-refractivity contribution in [3.8, 4) is 0 Å². The zero-order valence-electron chi connectivity index (χ0n) is 14.3. The van der Waals surface area contributed by atoms with Crippen molar-refractivity contribution in [2.75, 3.05) is 31.1 Å². The maximum absolute atomic E-state index is 4.75. The number of nitrogens with zero attached hydrogens (tertiary/aromatic N) is 3. The fraction of sp³-hybridized carbons (Fsp3) is 0.765. The van der Waals surface area contributed by atoms with Gasteiger partial charge in [-0.15, -0.1) is 24.8 Å². The largest absolute Gasteiger partial charge is 0.356 e. The second kappa shape index (κ2) is 9.05. The highest BCUT2D eigenvalue weighted by Crippen LogP contribution is 2.40. The molecule has 1 aromatic rings. The first kappa shape index (κ1) is 20.5. The first-order chi connectivity index (χ1) is 10.2. The average molecular weight is 361 g/mol. The van der Waals surface area contributed by atoms with E-state index in [1.165, 1.54) is 45.2 Å². The molecule has 6 heteroatoms. The molecular weight excluding hydrogens is 331 g/mol. The summed E-state index contributed by atoms with van der Waals surface area (Å²) in [5.41, 5.74) is 1.69. The first-order valence-electron chi connectivity index (χ1n) is 8.51. The van der Waals surface area contributed by atoms with Crippen LogP contribution in [0.4, 0.5) is 5.82 Å². The van der Waals surface area contributed by atoms with E-state index in [4.69, 9.17) is 4.98 Å². The van der Waals surface area contributed by atoms with Crippen LogP contribution in [-0.4, -0.2) is 36.1 Å². The molecule has 0 atom stereocenters. The highest BCUT2D eigenvalue weighted by atomic mass is 35.5. The first-order valence-corrected chi connectivity index (χ1v) is 8.51. The van der Waals surface area contributed by atoms with Gasteiger partial charge in [-0.3, -0.25) is 0 Å². The third-order valence-corrected chi connectivity index (χ3v) is 5.24. The second-order valence-corrected chi connectivity index (χ2v) is 6.73. The van der Waals surface area contributed by atoms with Gasteiger partial charge in [-0.05, 0) is 57.5 Å². The Bertz CT molecular complexity index is 489. The Labute approximate surface area is 152 Å². The van der Waals surface area contributed by atoms with E-state index in [1.54, 1.807) is 0 Å². The summed E-state index contributed by atoms with van der Waals surface area (Å²) in [6.07, 6.45) is 7.62. The number of halogens is 2. The van der Waals surface area contributed by atoms with Crippen LogP contribution < -0.4 is 10.2 Å². The van der Waals surface area contributed by atoms with E-state index in [2.05, 4.69) is 35.1 Å². The van der Waals surface area contributed by atoms with Gasteiger partial charge < -0.3 is 10.2 Å². The summed E-state index contributed by atoms with van der Waals surface area (Å²) in [7, 11) is 0. The summed E-state index contributed by atoms with van der Waals surface area (Å²) in [6.45, 7) is 8.91. The molecule has 23 heavy (non-hydrogen) atoms. The van der Waals surface area contributed by atoms with Crippen LogP contribution >= 0.6 is 24.8 Å². The maximum Gasteiger partial charge on any atom is 0.132 e. The summed E-state index contributed by atoms with van der Waals surface area (Å²) in [4.78, 5) is 11.8. The van der Waals surface area contributed by atoms with Gasteiger partial charge in [0.1, 0.15) is 11.6 Å². The Morgan fingerprint density at radius 1 is 1.09 bits per heavy atom. The van der Waals surface area contributed by atoms with Gasteiger partial charge in [0, 0.05) is 31.3 Å². The van der Waals surface area contributed by atoms with Crippen molar-refractivity contribution in [3.63, 3.8) is 0 Å². The molecular formula is C17H30Cl2N4. The molecule has 0 bridgehead atoms. The number of aryl methyl sites for hydroxylation is 2. The molecule has 1 aromatic heterocycles. The Kier molecular flexibility index (Phi) is 8.05. The van der Waals surface area contributed by atoms with Crippen LogP contribution in [0.5, 0.6) is 0 Å². The summed E-state index contributed by atoms with van der Waals surface area (Å²) in [5, 5.41) is 3.51. The monoisotopic (exact) mass is 360 g/mol. The van der Waals surface area contributed by atoms with Crippen LogP contribution in [0.1, 0.15) is 50.5 Å². The van der Waals surface area contributed by atoms with Crippen LogP contribution in [0.25, 0.3) is 0 Å². The molecule has 1 N–H and O–H groups in total. The van der Waals surface area contributed by atoms with Crippen molar-refractivity contribution in [2.24, 2.45) is 5.41 Å². The number of aromatic nitrogens is 2. The summed E-state index contributed by atoms with van der Waals surface area (Å²) in [6, 6.07) is 2.15. The minimum atomic E-state index is 0. The second-order valence-electron chi connectivity index (χ2n) is 6.73. The van der Waals surface area contributed by atoms with Crippen molar-refractivity contribution in [2.45, 2.75) is 52.4 Å². The third-order valence-electron chi connectivity index (χ3n) is 5.24. The van der Waals surface area contributed by atoms with E-state index >= 15 is 0 Å². The van der Waals surface area contributed by atoms with Crippen LogP contribution in [0.3, 0.4) is 0 Å². The molecule has 3 rings (SSSR count). The van der Waals surface area contributed by atoms with E-state index < -0.39 is 0 Å². The molecule has 0 amide bonds. The Morgan fingerprint density at radius 2 is 1.83 bits per heavy atom. The summed E-state index contributed by atoms with van der Waals surface area (Å²) < 4.78 is 0. The van der Waals surface area contributed by atoms with Gasteiger partial charge >= 0.3 is 0 Å². The Hall–Kier alpha value is -0.580. The minimum Gasteiger partial charge on any atom is -0.356 e. The molecule has 2 saturated heterocycles. The van der Waals surface area contributed by atoms with Gasteiger partial charge in [0.15, 0.2) is 0 Å². The minimum absolute atomic E-state index is 0. The lowest BCUT2D eigenvalue weighted by Gasteiger charge is -2.37. The number of piperidine rings is 1. The predicted molar refractivity (Wildman–Crippen MR) is 101 cm³/mol. The number of nitrogens with one attached hydrogen (secondary N) is 1. The van der Waals surface area contributed by atoms with E-state index in [9.17, 15) is 0 Å². The van der Waals surface area contributed by atoms with Crippen molar-refractivity contribution in [1.82, 2.24) is 15.3 Å². The SMILES string of the molecule is CCc1nc(C)cc(N2CCCC3(CCNCC3)CC2)n1.Cl.Cl. The van der Waals surface area contributed by atoms with Gasteiger partial charge in [0.05, 0.1) is 0 Å². The quantitative estimate of drug-likeness (QED) is 0.875. The van der Waals surface area contributed by atoms with Crippen molar-refractivity contribution in [1.29, 1.82) is 0 Å². The highest BCUT2D eigenvalue weighted by Gasteiger charge is 2.34. The molecule has 2 aliphatic heterocycles. The number of rotatable bonds is 2.